The van der Waals surface area contributed by atoms with Gasteiger partial charge < -0.3 is 18.9 Å². The SMILES string of the molecule is CCCc1c(OC)cc(CCc2cc(OC)cc(OC)c2)cc1OC. The summed E-state index contributed by atoms with van der Waals surface area (Å²) in [6.07, 6.45) is 3.76. The zero-order valence-electron chi connectivity index (χ0n) is 15.8. The number of methoxy groups -OCH3 is 4. The van der Waals surface area contributed by atoms with Crippen LogP contribution in [-0.2, 0) is 19.3 Å². The van der Waals surface area contributed by atoms with Crippen molar-refractivity contribution in [3.05, 3.63) is 47.0 Å². The predicted octanol–water partition coefficient (Wildman–Crippen LogP) is 4.46. The minimum absolute atomic E-state index is 0.808. The molecule has 4 nitrogen and oxygen atoms in total. The van der Waals surface area contributed by atoms with Crippen LogP contribution in [-0.4, -0.2) is 28.4 Å². The molecule has 0 amide bonds. The average Bonchev–Trinajstić information content (AvgIpc) is 2.66. The second-order valence-corrected chi connectivity index (χ2v) is 5.95. The first-order valence-corrected chi connectivity index (χ1v) is 8.60. The van der Waals surface area contributed by atoms with Gasteiger partial charge in [0.1, 0.15) is 23.0 Å². The van der Waals surface area contributed by atoms with Crippen LogP contribution in [0.3, 0.4) is 0 Å². The molecule has 0 N–H and O–H groups in total. The van der Waals surface area contributed by atoms with Crippen LogP contribution in [0.5, 0.6) is 23.0 Å². The number of aryl methyl sites for hydroxylation is 2. The number of benzene rings is 2. The van der Waals surface area contributed by atoms with E-state index in [9.17, 15) is 0 Å². The zero-order valence-corrected chi connectivity index (χ0v) is 15.8. The van der Waals surface area contributed by atoms with Gasteiger partial charge in [0.2, 0.25) is 0 Å². The minimum Gasteiger partial charge on any atom is -0.497 e. The number of ether oxygens (including phenoxy) is 4. The molecule has 2 aromatic carbocycles. The summed E-state index contributed by atoms with van der Waals surface area (Å²) in [6, 6.07) is 10.2. The fourth-order valence-corrected chi connectivity index (χ4v) is 2.98. The maximum absolute atomic E-state index is 5.59. The molecule has 0 aliphatic carbocycles. The van der Waals surface area contributed by atoms with Crippen LogP contribution in [0.4, 0.5) is 0 Å². The first kappa shape index (κ1) is 19.0. The van der Waals surface area contributed by atoms with Crippen molar-refractivity contribution >= 4 is 0 Å². The highest BCUT2D eigenvalue weighted by molar-refractivity contribution is 5.48. The molecule has 0 atom stereocenters. The first-order valence-electron chi connectivity index (χ1n) is 8.60. The molecular formula is C21H28O4. The smallest absolute Gasteiger partial charge is 0.126 e. The summed E-state index contributed by atoms with van der Waals surface area (Å²) in [4.78, 5) is 0. The summed E-state index contributed by atoms with van der Waals surface area (Å²) in [6.45, 7) is 2.16. The summed E-state index contributed by atoms with van der Waals surface area (Å²) in [5, 5.41) is 0. The highest BCUT2D eigenvalue weighted by Gasteiger charge is 2.12. The molecule has 0 saturated heterocycles. The Morgan fingerprint density at radius 1 is 0.600 bits per heavy atom. The van der Waals surface area contributed by atoms with Crippen molar-refractivity contribution in [2.45, 2.75) is 32.6 Å². The molecule has 0 bridgehead atoms. The van der Waals surface area contributed by atoms with Gasteiger partial charge in [0.25, 0.3) is 0 Å². The Bertz CT molecular complexity index is 647. The Labute approximate surface area is 150 Å². The average molecular weight is 344 g/mol. The van der Waals surface area contributed by atoms with Crippen LogP contribution in [0.25, 0.3) is 0 Å². The molecule has 0 spiro atoms. The fourth-order valence-electron chi connectivity index (χ4n) is 2.98. The fraction of sp³-hybridized carbons (Fsp3) is 0.429. The lowest BCUT2D eigenvalue weighted by molar-refractivity contribution is 0.384. The third-order valence-corrected chi connectivity index (χ3v) is 4.28. The monoisotopic (exact) mass is 344 g/mol. The summed E-state index contributed by atoms with van der Waals surface area (Å²) >= 11 is 0. The van der Waals surface area contributed by atoms with E-state index in [1.54, 1.807) is 28.4 Å². The molecule has 0 aliphatic heterocycles. The van der Waals surface area contributed by atoms with Crippen LogP contribution in [0.1, 0.15) is 30.0 Å². The largest absolute Gasteiger partial charge is 0.497 e. The molecule has 136 valence electrons. The van der Waals surface area contributed by atoms with Gasteiger partial charge in [0.05, 0.1) is 28.4 Å². The Kier molecular flexibility index (Phi) is 6.99. The molecular weight excluding hydrogens is 316 g/mol. The standard InChI is InChI=1S/C21H28O4/c1-6-7-19-20(24-4)12-16(13-21(19)25-5)9-8-15-10-17(22-2)14-18(11-15)23-3/h10-14H,6-9H2,1-5H3. The van der Waals surface area contributed by atoms with Gasteiger partial charge in [-0.15, -0.1) is 0 Å². The topological polar surface area (TPSA) is 36.9 Å². The number of hydrogen-bond acceptors (Lipinski definition) is 4. The summed E-state index contributed by atoms with van der Waals surface area (Å²) in [5.41, 5.74) is 3.50. The van der Waals surface area contributed by atoms with E-state index in [2.05, 4.69) is 19.1 Å². The Balaban J connectivity index is 2.23. The third-order valence-electron chi connectivity index (χ3n) is 4.28. The lowest BCUT2D eigenvalue weighted by Gasteiger charge is -2.15. The molecule has 4 heteroatoms. The van der Waals surface area contributed by atoms with E-state index < -0.39 is 0 Å². The highest BCUT2D eigenvalue weighted by atomic mass is 16.5. The van der Waals surface area contributed by atoms with Crippen molar-refractivity contribution in [1.82, 2.24) is 0 Å². The molecule has 0 aromatic heterocycles. The van der Waals surface area contributed by atoms with E-state index in [-0.39, 0.29) is 0 Å². The van der Waals surface area contributed by atoms with Gasteiger partial charge in [0, 0.05) is 11.6 Å². The second kappa shape index (κ2) is 9.21. The number of rotatable bonds is 9. The predicted molar refractivity (Wildman–Crippen MR) is 100 cm³/mol. The van der Waals surface area contributed by atoms with Crippen LogP contribution < -0.4 is 18.9 Å². The van der Waals surface area contributed by atoms with Crippen molar-refractivity contribution in [2.24, 2.45) is 0 Å². The van der Waals surface area contributed by atoms with Crippen molar-refractivity contribution in [3.8, 4) is 23.0 Å². The Morgan fingerprint density at radius 2 is 1.08 bits per heavy atom. The van der Waals surface area contributed by atoms with Crippen LogP contribution in [0.15, 0.2) is 30.3 Å². The van der Waals surface area contributed by atoms with Crippen LogP contribution in [0, 0.1) is 0 Å². The van der Waals surface area contributed by atoms with Crippen molar-refractivity contribution < 1.29 is 18.9 Å². The molecule has 0 fully saturated rings. The van der Waals surface area contributed by atoms with E-state index in [4.69, 9.17) is 18.9 Å². The van der Waals surface area contributed by atoms with E-state index in [1.807, 2.05) is 18.2 Å². The normalized spacial score (nSPS) is 10.4. The van der Waals surface area contributed by atoms with E-state index in [1.165, 1.54) is 11.1 Å². The quantitative estimate of drug-likeness (QED) is 0.673. The molecule has 0 saturated carbocycles. The summed E-state index contributed by atoms with van der Waals surface area (Å²) in [5.74, 6) is 3.42. The minimum atomic E-state index is 0.808. The van der Waals surface area contributed by atoms with Gasteiger partial charge in [-0.1, -0.05) is 13.3 Å². The van der Waals surface area contributed by atoms with Gasteiger partial charge in [0.15, 0.2) is 0 Å². The molecule has 0 radical (unpaired) electrons. The van der Waals surface area contributed by atoms with E-state index in [0.717, 1.165) is 54.2 Å². The Hall–Kier alpha value is -2.36. The lowest BCUT2D eigenvalue weighted by atomic mass is 9.99. The molecule has 0 unspecified atom stereocenters. The second-order valence-electron chi connectivity index (χ2n) is 5.95. The maximum Gasteiger partial charge on any atom is 0.126 e. The number of hydrogen-bond donors (Lipinski definition) is 0. The molecule has 25 heavy (non-hydrogen) atoms. The van der Waals surface area contributed by atoms with Crippen molar-refractivity contribution in [2.75, 3.05) is 28.4 Å². The lowest BCUT2D eigenvalue weighted by Crippen LogP contribution is -2.00. The third kappa shape index (κ3) is 4.81. The summed E-state index contributed by atoms with van der Waals surface area (Å²) < 4.78 is 21.9. The highest BCUT2D eigenvalue weighted by Crippen LogP contribution is 2.32. The van der Waals surface area contributed by atoms with Gasteiger partial charge >= 0.3 is 0 Å². The van der Waals surface area contributed by atoms with Gasteiger partial charge in [-0.05, 0) is 54.7 Å². The zero-order chi connectivity index (χ0) is 18.2. The van der Waals surface area contributed by atoms with Crippen LogP contribution in [0.2, 0.25) is 0 Å². The van der Waals surface area contributed by atoms with Crippen molar-refractivity contribution in [1.29, 1.82) is 0 Å². The van der Waals surface area contributed by atoms with E-state index >= 15 is 0 Å². The first-order chi connectivity index (χ1) is 12.1. The van der Waals surface area contributed by atoms with Crippen molar-refractivity contribution in [3.63, 3.8) is 0 Å². The van der Waals surface area contributed by atoms with Gasteiger partial charge in [-0.2, -0.15) is 0 Å². The summed E-state index contributed by atoms with van der Waals surface area (Å²) in [7, 11) is 6.76. The van der Waals surface area contributed by atoms with E-state index in [0.29, 0.717) is 0 Å². The molecule has 2 aromatic rings. The van der Waals surface area contributed by atoms with Gasteiger partial charge in [-0.3, -0.25) is 0 Å². The Morgan fingerprint density at radius 3 is 1.48 bits per heavy atom. The molecule has 0 aliphatic rings. The maximum atomic E-state index is 5.59. The van der Waals surface area contributed by atoms with Crippen LogP contribution >= 0.6 is 0 Å². The molecule has 2 rings (SSSR count). The molecule has 0 heterocycles. The van der Waals surface area contributed by atoms with Gasteiger partial charge in [-0.25, -0.2) is 0 Å².